The standard InChI is InChI=1S/C27H25N5O5S/c1-5-15-31-24(34)21(16-22(33)28-19-13-11-18(12-14-19)26(36)37-4)38-27(31)29-23-17(2)30(3)32(25(23)35)20-9-7-6-8-10-20/h5-14,16H,1,15H2,2-4H3,(H,28,33)/b21-16-,29-27?. The summed E-state index contributed by atoms with van der Waals surface area (Å²) in [4.78, 5) is 56.7. The number of aliphatic imine (C=N–C) groups is 1. The molecule has 10 nitrogen and oxygen atoms in total. The molecule has 2 heterocycles. The maximum atomic E-state index is 13.3. The minimum atomic E-state index is -0.534. The summed E-state index contributed by atoms with van der Waals surface area (Å²) in [6.45, 7) is 5.62. The summed E-state index contributed by atoms with van der Waals surface area (Å²) < 4.78 is 7.87. The van der Waals surface area contributed by atoms with Crippen LogP contribution in [0.2, 0.25) is 0 Å². The Kier molecular flexibility index (Phi) is 7.77. The summed E-state index contributed by atoms with van der Waals surface area (Å²) >= 11 is 0.999. The minimum Gasteiger partial charge on any atom is -0.465 e. The van der Waals surface area contributed by atoms with Crippen LogP contribution in [-0.4, -0.2) is 50.9 Å². The molecule has 4 rings (SSSR count). The van der Waals surface area contributed by atoms with Crippen LogP contribution in [0.3, 0.4) is 0 Å². The monoisotopic (exact) mass is 531 g/mol. The van der Waals surface area contributed by atoms with Crippen LogP contribution in [0.15, 0.2) is 88.0 Å². The van der Waals surface area contributed by atoms with Crippen LogP contribution in [0.4, 0.5) is 11.4 Å². The average molecular weight is 532 g/mol. The number of amidine groups is 1. The molecule has 0 aliphatic carbocycles. The zero-order valence-corrected chi connectivity index (χ0v) is 21.8. The summed E-state index contributed by atoms with van der Waals surface area (Å²) in [6.07, 6.45) is 2.72. The predicted molar refractivity (Wildman–Crippen MR) is 147 cm³/mol. The van der Waals surface area contributed by atoms with Crippen LogP contribution in [-0.2, 0) is 21.4 Å². The fraction of sp³-hybridized carbons (Fsp3) is 0.148. The first kappa shape index (κ1) is 26.4. The Hall–Kier alpha value is -4.64. The van der Waals surface area contributed by atoms with Gasteiger partial charge in [0.2, 0.25) is 5.91 Å². The van der Waals surface area contributed by atoms with Crippen molar-refractivity contribution in [2.75, 3.05) is 19.0 Å². The normalized spacial score (nSPS) is 15.2. The number of aromatic nitrogens is 2. The minimum absolute atomic E-state index is 0.145. The summed E-state index contributed by atoms with van der Waals surface area (Å²) in [6, 6.07) is 15.3. The number of para-hydroxylation sites is 1. The Morgan fingerprint density at radius 3 is 2.42 bits per heavy atom. The maximum Gasteiger partial charge on any atom is 0.337 e. The third-order valence-electron chi connectivity index (χ3n) is 5.77. The molecule has 2 amide bonds. The second-order valence-corrected chi connectivity index (χ2v) is 9.19. The first-order valence-electron chi connectivity index (χ1n) is 11.5. The zero-order valence-electron chi connectivity index (χ0n) is 21.0. The van der Waals surface area contributed by atoms with Gasteiger partial charge in [-0.1, -0.05) is 24.3 Å². The van der Waals surface area contributed by atoms with Crippen molar-refractivity contribution in [3.05, 3.63) is 99.8 Å². The van der Waals surface area contributed by atoms with Crippen molar-refractivity contribution in [2.45, 2.75) is 6.92 Å². The smallest absolute Gasteiger partial charge is 0.337 e. The molecule has 0 atom stereocenters. The van der Waals surface area contributed by atoms with Crippen LogP contribution in [0.5, 0.6) is 0 Å². The van der Waals surface area contributed by atoms with Crippen molar-refractivity contribution < 1.29 is 19.1 Å². The molecule has 38 heavy (non-hydrogen) atoms. The molecule has 0 saturated carbocycles. The second-order valence-electron chi connectivity index (χ2n) is 8.18. The molecule has 3 aromatic rings. The third-order valence-corrected chi connectivity index (χ3v) is 6.77. The second kappa shape index (κ2) is 11.2. The van der Waals surface area contributed by atoms with Gasteiger partial charge in [-0.3, -0.25) is 24.0 Å². The van der Waals surface area contributed by atoms with Gasteiger partial charge in [0.05, 0.1) is 29.0 Å². The van der Waals surface area contributed by atoms with Gasteiger partial charge in [-0.05, 0) is 55.1 Å². The van der Waals surface area contributed by atoms with Crippen molar-refractivity contribution >= 4 is 46.1 Å². The number of methoxy groups -OCH3 is 1. The van der Waals surface area contributed by atoms with Crippen molar-refractivity contribution in [3.8, 4) is 5.69 Å². The lowest BCUT2D eigenvalue weighted by atomic mass is 10.2. The summed E-state index contributed by atoms with van der Waals surface area (Å²) in [5, 5.41) is 2.93. The summed E-state index contributed by atoms with van der Waals surface area (Å²) in [5.41, 5.74) is 1.94. The number of hydrogen-bond acceptors (Lipinski definition) is 7. The van der Waals surface area contributed by atoms with Crippen LogP contribution in [0.25, 0.3) is 5.69 Å². The maximum absolute atomic E-state index is 13.3. The quantitative estimate of drug-likeness (QED) is 0.283. The molecule has 1 aromatic heterocycles. The van der Waals surface area contributed by atoms with Gasteiger partial charge in [0.25, 0.3) is 11.5 Å². The van der Waals surface area contributed by atoms with Crippen LogP contribution in [0, 0.1) is 6.92 Å². The van der Waals surface area contributed by atoms with Gasteiger partial charge in [-0.2, -0.15) is 0 Å². The Bertz CT molecular complexity index is 1530. The molecule has 0 radical (unpaired) electrons. The molecule has 1 fully saturated rings. The molecule has 2 aromatic carbocycles. The molecular formula is C27H25N5O5S. The molecular weight excluding hydrogens is 506 g/mol. The highest BCUT2D eigenvalue weighted by Crippen LogP contribution is 2.33. The highest BCUT2D eigenvalue weighted by atomic mass is 32.2. The number of rotatable bonds is 7. The van der Waals surface area contributed by atoms with Gasteiger partial charge >= 0.3 is 5.97 Å². The van der Waals surface area contributed by atoms with Crippen LogP contribution in [0.1, 0.15) is 16.1 Å². The van der Waals surface area contributed by atoms with Crippen molar-refractivity contribution in [1.82, 2.24) is 14.3 Å². The van der Waals surface area contributed by atoms with E-state index >= 15 is 0 Å². The predicted octanol–water partition coefficient (Wildman–Crippen LogP) is 3.54. The van der Waals surface area contributed by atoms with E-state index in [-0.39, 0.29) is 27.9 Å². The van der Waals surface area contributed by atoms with Gasteiger partial charge in [-0.15, -0.1) is 6.58 Å². The van der Waals surface area contributed by atoms with Gasteiger partial charge in [0.15, 0.2) is 10.9 Å². The van der Waals surface area contributed by atoms with E-state index in [1.54, 1.807) is 36.9 Å². The number of thioether (sulfide) groups is 1. The topological polar surface area (TPSA) is 115 Å². The number of benzene rings is 2. The number of nitrogens with zero attached hydrogens (tertiary/aromatic N) is 4. The van der Waals surface area contributed by atoms with Crippen LogP contribution >= 0.6 is 11.8 Å². The lowest BCUT2D eigenvalue weighted by molar-refractivity contribution is -0.122. The number of nitrogens with one attached hydrogen (secondary N) is 1. The van der Waals surface area contributed by atoms with E-state index in [2.05, 4.69) is 21.6 Å². The number of anilines is 1. The van der Waals surface area contributed by atoms with E-state index in [9.17, 15) is 19.2 Å². The first-order chi connectivity index (χ1) is 18.2. The van der Waals surface area contributed by atoms with Gasteiger partial charge in [0.1, 0.15) is 0 Å². The SMILES string of the molecule is C=CCN1C(=O)/C(=C/C(=O)Nc2ccc(C(=O)OC)cc2)SC1=Nc1c(C)n(C)n(-c2ccccc2)c1=O. The lowest BCUT2D eigenvalue weighted by Gasteiger charge is -2.12. The molecule has 194 valence electrons. The summed E-state index contributed by atoms with van der Waals surface area (Å²) in [7, 11) is 3.04. The molecule has 0 unspecified atom stereocenters. The Morgan fingerprint density at radius 1 is 1.11 bits per heavy atom. The Labute approximate surface area is 222 Å². The van der Waals surface area contributed by atoms with E-state index in [4.69, 9.17) is 0 Å². The first-order valence-corrected chi connectivity index (χ1v) is 12.3. The van der Waals surface area contributed by atoms with Crippen molar-refractivity contribution in [3.63, 3.8) is 0 Å². The summed E-state index contributed by atoms with van der Waals surface area (Å²) in [5.74, 6) is -1.45. The number of carbonyl (C=O) groups is 3. The molecule has 0 bridgehead atoms. The number of esters is 1. The van der Waals surface area contributed by atoms with E-state index in [1.807, 2.05) is 30.3 Å². The molecule has 1 aliphatic heterocycles. The van der Waals surface area contributed by atoms with E-state index in [0.717, 1.165) is 11.8 Å². The van der Waals surface area contributed by atoms with Crippen molar-refractivity contribution in [1.29, 1.82) is 0 Å². The average Bonchev–Trinajstić information content (AvgIpc) is 3.31. The zero-order chi connectivity index (χ0) is 27.4. The third kappa shape index (κ3) is 5.23. The number of ether oxygens (including phenoxy) is 1. The number of hydrogen-bond donors (Lipinski definition) is 1. The van der Waals surface area contributed by atoms with Gasteiger partial charge in [0, 0.05) is 25.4 Å². The van der Waals surface area contributed by atoms with Crippen LogP contribution < -0.4 is 10.9 Å². The number of amides is 2. The largest absolute Gasteiger partial charge is 0.465 e. The molecule has 1 N–H and O–H groups in total. The lowest BCUT2D eigenvalue weighted by Crippen LogP contribution is -2.29. The highest BCUT2D eigenvalue weighted by Gasteiger charge is 2.34. The molecule has 0 spiro atoms. The fourth-order valence-electron chi connectivity index (χ4n) is 3.76. The Morgan fingerprint density at radius 2 is 1.79 bits per heavy atom. The van der Waals surface area contributed by atoms with Crippen molar-refractivity contribution in [2.24, 2.45) is 12.0 Å². The highest BCUT2D eigenvalue weighted by molar-refractivity contribution is 8.18. The van der Waals surface area contributed by atoms with Gasteiger partial charge in [-0.25, -0.2) is 14.5 Å². The molecule has 1 aliphatic rings. The van der Waals surface area contributed by atoms with E-state index < -0.39 is 17.8 Å². The van der Waals surface area contributed by atoms with E-state index in [1.165, 1.54) is 34.9 Å². The Balaban J connectivity index is 1.62. The molecule has 11 heteroatoms. The van der Waals surface area contributed by atoms with E-state index in [0.29, 0.717) is 22.6 Å². The number of carbonyl (C=O) groups excluding carboxylic acids is 3. The molecule has 1 saturated heterocycles. The van der Waals surface area contributed by atoms with Gasteiger partial charge < -0.3 is 10.1 Å². The fourth-order valence-corrected chi connectivity index (χ4v) is 4.73.